The van der Waals surface area contributed by atoms with E-state index in [2.05, 4.69) is 0 Å². The van der Waals surface area contributed by atoms with Crippen LogP contribution in [0.2, 0.25) is 0 Å². The monoisotopic (exact) mass is 322 g/mol. The Morgan fingerprint density at radius 1 is 0.958 bits per heavy atom. The Labute approximate surface area is 138 Å². The topological polar surface area (TPSA) is 54.4 Å². The summed E-state index contributed by atoms with van der Waals surface area (Å²) in [6.07, 6.45) is 3.75. The fraction of sp³-hybridized carbons (Fsp3) is 0.100. The van der Waals surface area contributed by atoms with Gasteiger partial charge in [0.25, 0.3) is 0 Å². The molecule has 0 aliphatic heterocycles. The molecule has 1 aliphatic carbocycles. The number of carbonyl (C=O) groups excluding carboxylic acids is 2. The lowest BCUT2D eigenvalue weighted by molar-refractivity contribution is 0.0778. The van der Waals surface area contributed by atoms with Crippen LogP contribution in [0.5, 0.6) is 5.75 Å². The summed E-state index contributed by atoms with van der Waals surface area (Å²) in [5.74, 6) is -0.830. The number of halogens is 1. The molecule has 1 aliphatic rings. The molecule has 0 aromatic heterocycles. The van der Waals surface area contributed by atoms with Gasteiger partial charge in [-0.25, -0.2) is 4.39 Å². The summed E-state index contributed by atoms with van der Waals surface area (Å²) >= 11 is 0. The van der Waals surface area contributed by atoms with Gasteiger partial charge in [-0.05, 0) is 30.3 Å². The van der Waals surface area contributed by atoms with Gasteiger partial charge in [-0.1, -0.05) is 42.5 Å². The minimum absolute atomic E-state index is 0.0657. The van der Waals surface area contributed by atoms with E-state index in [9.17, 15) is 19.1 Å². The van der Waals surface area contributed by atoms with Crippen molar-refractivity contribution in [1.82, 2.24) is 0 Å². The average molecular weight is 322 g/mol. The minimum atomic E-state index is -2.14. The summed E-state index contributed by atoms with van der Waals surface area (Å²) in [7, 11) is 0. The van der Waals surface area contributed by atoms with Gasteiger partial charge >= 0.3 is 0 Å². The molecule has 2 aromatic rings. The van der Waals surface area contributed by atoms with Crippen LogP contribution in [-0.2, 0) is 0 Å². The number of hydrogen-bond acceptors (Lipinski definition) is 3. The van der Waals surface area contributed by atoms with Crippen molar-refractivity contribution < 1.29 is 19.1 Å². The summed E-state index contributed by atoms with van der Waals surface area (Å²) in [5.41, 5.74) is -1.12. The van der Waals surface area contributed by atoms with Crippen LogP contribution in [0.4, 0.5) is 4.39 Å². The Morgan fingerprint density at radius 3 is 2.21 bits per heavy atom. The van der Waals surface area contributed by atoms with Gasteiger partial charge in [-0.15, -0.1) is 0 Å². The van der Waals surface area contributed by atoms with E-state index in [1.165, 1.54) is 36.4 Å². The van der Waals surface area contributed by atoms with Gasteiger partial charge in [0.1, 0.15) is 5.75 Å². The molecule has 4 heteroatoms. The normalized spacial score (nSPS) is 19.6. The average Bonchev–Trinajstić information content (AvgIpc) is 2.62. The Balaban J connectivity index is 1.79. The van der Waals surface area contributed by atoms with E-state index in [1.54, 1.807) is 30.3 Å². The van der Waals surface area contributed by atoms with Gasteiger partial charge < -0.3 is 5.11 Å². The number of hydrogen-bond donors (Lipinski definition) is 1. The maximum atomic E-state index is 14.9. The second-order valence-electron chi connectivity index (χ2n) is 5.63. The number of phenolic OH excluding ortho intramolecular Hbond substituents is 1. The third-order valence-corrected chi connectivity index (χ3v) is 3.95. The number of alkyl halides is 1. The lowest BCUT2D eigenvalue weighted by atomic mass is 9.85. The summed E-state index contributed by atoms with van der Waals surface area (Å²) in [6.45, 7) is 0. The highest BCUT2D eigenvalue weighted by Gasteiger charge is 2.37. The molecule has 3 rings (SSSR count). The van der Waals surface area contributed by atoms with Crippen molar-refractivity contribution in [2.45, 2.75) is 12.1 Å². The predicted molar refractivity (Wildman–Crippen MR) is 88.9 cm³/mol. The SMILES string of the molecule is O=C(C1=CCC(F)(C(=O)c2ccccc2)C=C1)c1ccc(O)cc1. The maximum Gasteiger partial charge on any atom is 0.204 e. The molecule has 1 N–H and O–H groups in total. The van der Waals surface area contributed by atoms with Crippen molar-refractivity contribution in [3.8, 4) is 5.75 Å². The third-order valence-electron chi connectivity index (χ3n) is 3.95. The van der Waals surface area contributed by atoms with Crippen LogP contribution >= 0.6 is 0 Å². The van der Waals surface area contributed by atoms with E-state index in [-0.39, 0.29) is 18.0 Å². The molecule has 0 spiro atoms. The van der Waals surface area contributed by atoms with Crippen molar-refractivity contribution in [2.75, 3.05) is 0 Å². The number of ketones is 2. The molecule has 3 nitrogen and oxygen atoms in total. The minimum Gasteiger partial charge on any atom is -0.508 e. The number of benzene rings is 2. The summed E-state index contributed by atoms with van der Waals surface area (Å²) in [6, 6.07) is 14.1. The van der Waals surface area contributed by atoms with Crippen LogP contribution in [-0.4, -0.2) is 22.3 Å². The number of allylic oxidation sites excluding steroid dienone is 4. The molecular weight excluding hydrogens is 307 g/mol. The molecule has 0 saturated carbocycles. The van der Waals surface area contributed by atoms with E-state index in [0.717, 1.165) is 6.08 Å². The van der Waals surface area contributed by atoms with Gasteiger partial charge in [0, 0.05) is 23.1 Å². The molecule has 0 heterocycles. The molecule has 1 atom stereocenters. The lowest BCUT2D eigenvalue weighted by Gasteiger charge is -2.22. The van der Waals surface area contributed by atoms with E-state index < -0.39 is 11.5 Å². The fourth-order valence-electron chi connectivity index (χ4n) is 2.56. The highest BCUT2D eigenvalue weighted by molar-refractivity contribution is 6.11. The fourth-order valence-corrected chi connectivity index (χ4v) is 2.56. The van der Waals surface area contributed by atoms with Crippen LogP contribution in [0, 0.1) is 0 Å². The summed E-state index contributed by atoms with van der Waals surface area (Å²) in [5, 5.41) is 9.26. The Morgan fingerprint density at radius 2 is 1.62 bits per heavy atom. The molecule has 0 amide bonds. The molecule has 0 fully saturated rings. The van der Waals surface area contributed by atoms with Crippen LogP contribution < -0.4 is 0 Å². The summed E-state index contributed by atoms with van der Waals surface area (Å²) in [4.78, 5) is 24.7. The zero-order valence-corrected chi connectivity index (χ0v) is 12.8. The number of aromatic hydroxyl groups is 1. The van der Waals surface area contributed by atoms with Gasteiger partial charge in [0.15, 0.2) is 11.5 Å². The van der Waals surface area contributed by atoms with Gasteiger partial charge in [-0.2, -0.15) is 0 Å². The largest absolute Gasteiger partial charge is 0.508 e. The van der Waals surface area contributed by atoms with Crippen LogP contribution in [0.3, 0.4) is 0 Å². The highest BCUT2D eigenvalue weighted by atomic mass is 19.1. The van der Waals surface area contributed by atoms with E-state index in [0.29, 0.717) is 16.7 Å². The van der Waals surface area contributed by atoms with E-state index in [4.69, 9.17) is 0 Å². The van der Waals surface area contributed by atoms with E-state index in [1.807, 2.05) is 0 Å². The molecule has 24 heavy (non-hydrogen) atoms. The predicted octanol–water partition coefficient (Wildman–Crippen LogP) is 4.05. The quantitative estimate of drug-likeness (QED) is 0.864. The first-order chi connectivity index (χ1) is 11.5. The first kappa shape index (κ1) is 15.9. The molecule has 0 saturated heterocycles. The molecule has 0 radical (unpaired) electrons. The zero-order valence-electron chi connectivity index (χ0n) is 12.8. The molecule has 1 unspecified atom stereocenters. The smallest absolute Gasteiger partial charge is 0.204 e. The van der Waals surface area contributed by atoms with E-state index >= 15 is 0 Å². The van der Waals surface area contributed by atoms with Crippen LogP contribution in [0.25, 0.3) is 0 Å². The van der Waals surface area contributed by atoms with Gasteiger partial charge in [0.05, 0.1) is 0 Å². The van der Waals surface area contributed by atoms with Crippen molar-refractivity contribution in [2.24, 2.45) is 0 Å². The first-order valence-corrected chi connectivity index (χ1v) is 7.51. The second kappa shape index (κ2) is 6.24. The van der Waals surface area contributed by atoms with Crippen molar-refractivity contribution >= 4 is 11.6 Å². The molecule has 0 bridgehead atoms. The van der Waals surface area contributed by atoms with Gasteiger partial charge in [-0.3, -0.25) is 9.59 Å². The maximum absolute atomic E-state index is 14.9. The number of phenols is 1. The number of Topliss-reactive ketones (excluding diaryl/α,β-unsaturated/α-hetero) is 2. The Kier molecular flexibility index (Phi) is 4.13. The van der Waals surface area contributed by atoms with Crippen molar-refractivity contribution in [1.29, 1.82) is 0 Å². The van der Waals surface area contributed by atoms with Crippen molar-refractivity contribution in [3.05, 3.63) is 89.5 Å². The lowest BCUT2D eigenvalue weighted by Crippen LogP contribution is -2.33. The Bertz CT molecular complexity index is 835. The standard InChI is InChI=1S/C20H15FO3/c21-20(19(24)16-4-2-1-3-5-16)12-10-15(11-13-20)18(23)14-6-8-17(22)9-7-14/h1-12,22H,13H2. The van der Waals surface area contributed by atoms with Gasteiger partial charge in [0.2, 0.25) is 5.78 Å². The summed E-state index contributed by atoms with van der Waals surface area (Å²) < 4.78 is 14.9. The number of rotatable bonds is 4. The Hall–Kier alpha value is -3.01. The molecule has 2 aromatic carbocycles. The number of carbonyl (C=O) groups is 2. The van der Waals surface area contributed by atoms with Crippen LogP contribution in [0.15, 0.2) is 78.4 Å². The third kappa shape index (κ3) is 3.04. The molecule has 120 valence electrons. The van der Waals surface area contributed by atoms with Crippen LogP contribution in [0.1, 0.15) is 27.1 Å². The first-order valence-electron chi connectivity index (χ1n) is 7.51. The molecular formula is C20H15FO3. The highest BCUT2D eigenvalue weighted by Crippen LogP contribution is 2.30. The van der Waals surface area contributed by atoms with Crippen molar-refractivity contribution in [3.63, 3.8) is 0 Å². The second-order valence-corrected chi connectivity index (χ2v) is 5.63. The zero-order chi connectivity index (χ0) is 17.2.